The van der Waals surface area contributed by atoms with Crippen LogP contribution in [0.15, 0.2) is 30.5 Å². The molecular formula is C16H19N7O. The van der Waals surface area contributed by atoms with Gasteiger partial charge < -0.3 is 27.5 Å². The molecule has 24 heavy (non-hydrogen) atoms. The molecule has 0 aliphatic rings. The number of carbonyl (C=O) groups excluding carboxylic acids is 1. The maximum Gasteiger partial charge on any atom is 0.224 e. The van der Waals surface area contributed by atoms with Gasteiger partial charge in [0, 0.05) is 23.5 Å². The van der Waals surface area contributed by atoms with Crippen molar-refractivity contribution in [2.24, 2.45) is 0 Å². The Kier molecular flexibility index (Phi) is 4.19. The van der Waals surface area contributed by atoms with Crippen LogP contribution in [0.1, 0.15) is 18.4 Å². The number of amides is 1. The van der Waals surface area contributed by atoms with Crippen LogP contribution in [-0.2, 0) is 11.2 Å². The van der Waals surface area contributed by atoms with E-state index in [9.17, 15) is 4.79 Å². The van der Waals surface area contributed by atoms with Gasteiger partial charge in [0.25, 0.3) is 0 Å². The lowest BCUT2D eigenvalue weighted by molar-refractivity contribution is -0.116. The molecule has 8 N–H and O–H groups in total. The third kappa shape index (κ3) is 3.22. The number of nitrogens with one attached hydrogen (secondary N) is 2. The number of carbonyl (C=O) groups is 1. The quantitative estimate of drug-likeness (QED) is 0.481. The molecule has 0 saturated heterocycles. The van der Waals surface area contributed by atoms with E-state index in [1.807, 2.05) is 24.4 Å². The number of para-hydroxylation sites is 1. The van der Waals surface area contributed by atoms with Crippen LogP contribution in [0.25, 0.3) is 10.9 Å². The molecule has 0 unspecified atom stereocenters. The van der Waals surface area contributed by atoms with Crippen molar-refractivity contribution < 1.29 is 4.79 Å². The lowest BCUT2D eigenvalue weighted by atomic mass is 10.1. The van der Waals surface area contributed by atoms with Crippen LogP contribution in [0, 0.1) is 0 Å². The average Bonchev–Trinajstić information content (AvgIpc) is 2.94. The number of nitrogens with zero attached hydrogens (tertiary/aromatic N) is 2. The summed E-state index contributed by atoms with van der Waals surface area (Å²) in [5.41, 5.74) is 19.4. The second kappa shape index (κ2) is 6.45. The maximum atomic E-state index is 12.1. The molecule has 0 fully saturated rings. The Balaban J connectivity index is 1.58. The number of aromatic nitrogens is 3. The minimum atomic E-state index is -0.193. The summed E-state index contributed by atoms with van der Waals surface area (Å²) < 4.78 is 0. The Morgan fingerprint density at radius 1 is 1.12 bits per heavy atom. The number of benzene rings is 1. The van der Waals surface area contributed by atoms with Crippen molar-refractivity contribution in [2.45, 2.75) is 19.3 Å². The average molecular weight is 325 g/mol. The molecule has 0 atom stereocenters. The lowest BCUT2D eigenvalue weighted by Crippen LogP contribution is -2.16. The van der Waals surface area contributed by atoms with Crippen LogP contribution < -0.4 is 22.5 Å². The van der Waals surface area contributed by atoms with Crippen molar-refractivity contribution >= 4 is 40.1 Å². The summed E-state index contributed by atoms with van der Waals surface area (Å²) in [5, 5.41) is 3.82. The first-order chi connectivity index (χ1) is 11.5. The van der Waals surface area contributed by atoms with Gasteiger partial charge in [-0.25, -0.2) is 0 Å². The van der Waals surface area contributed by atoms with E-state index in [1.54, 1.807) is 0 Å². The van der Waals surface area contributed by atoms with Crippen molar-refractivity contribution in [1.29, 1.82) is 0 Å². The highest BCUT2D eigenvalue weighted by molar-refractivity contribution is 5.96. The van der Waals surface area contributed by atoms with Crippen LogP contribution in [0.5, 0.6) is 0 Å². The zero-order chi connectivity index (χ0) is 17.1. The molecule has 0 spiro atoms. The molecule has 0 bridgehead atoms. The Labute approximate surface area is 138 Å². The van der Waals surface area contributed by atoms with Crippen LogP contribution in [0.4, 0.5) is 23.3 Å². The molecule has 124 valence electrons. The lowest BCUT2D eigenvalue weighted by Gasteiger charge is -2.10. The number of fused-ring (bicyclic) bond motifs is 1. The number of hydrogen-bond acceptors (Lipinski definition) is 6. The second-order valence-corrected chi connectivity index (χ2v) is 5.49. The summed E-state index contributed by atoms with van der Waals surface area (Å²) in [5.74, 6) is -0.0982. The Morgan fingerprint density at radius 3 is 2.58 bits per heavy atom. The SMILES string of the molecule is Nc1nc(N)c(NC(=O)CCCc2c[nH]c3ccccc23)c(N)n1. The highest BCUT2D eigenvalue weighted by atomic mass is 16.1. The summed E-state index contributed by atoms with van der Waals surface area (Å²) >= 11 is 0. The topological polar surface area (TPSA) is 149 Å². The molecular weight excluding hydrogens is 306 g/mol. The summed E-state index contributed by atoms with van der Waals surface area (Å²) in [4.78, 5) is 22.9. The van der Waals surface area contributed by atoms with E-state index in [0.29, 0.717) is 12.8 Å². The van der Waals surface area contributed by atoms with Gasteiger partial charge in [0.1, 0.15) is 5.69 Å². The van der Waals surface area contributed by atoms with Gasteiger partial charge in [-0.15, -0.1) is 0 Å². The zero-order valence-electron chi connectivity index (χ0n) is 13.0. The molecule has 0 saturated carbocycles. The molecule has 0 aliphatic carbocycles. The van der Waals surface area contributed by atoms with Crippen molar-refractivity contribution in [2.75, 3.05) is 22.5 Å². The molecule has 1 amide bonds. The Bertz CT molecular complexity index is 864. The first kappa shape index (κ1) is 15.6. The molecule has 2 heterocycles. The molecule has 0 aliphatic heterocycles. The van der Waals surface area contributed by atoms with Crippen LogP contribution in [-0.4, -0.2) is 20.9 Å². The standard InChI is InChI=1S/C16H19N7O/c17-14-13(15(18)23-16(19)22-14)21-12(24)7-3-4-9-8-20-11-6-2-1-5-10(9)11/h1-2,5-6,8,20H,3-4,7H2,(H,21,24)(H6,17,18,19,22,23). The van der Waals surface area contributed by atoms with Gasteiger partial charge in [-0.2, -0.15) is 9.97 Å². The van der Waals surface area contributed by atoms with E-state index >= 15 is 0 Å². The number of rotatable bonds is 5. The predicted octanol–water partition coefficient (Wildman–Crippen LogP) is 1.67. The first-order valence-corrected chi connectivity index (χ1v) is 7.58. The van der Waals surface area contributed by atoms with Gasteiger partial charge >= 0.3 is 0 Å². The van der Waals surface area contributed by atoms with Gasteiger partial charge in [0.05, 0.1) is 0 Å². The van der Waals surface area contributed by atoms with E-state index in [0.717, 1.165) is 11.9 Å². The summed E-state index contributed by atoms with van der Waals surface area (Å²) in [6.07, 6.45) is 3.80. The van der Waals surface area contributed by atoms with Crippen LogP contribution >= 0.6 is 0 Å². The highest BCUT2D eigenvalue weighted by Crippen LogP contribution is 2.24. The number of anilines is 4. The van der Waals surface area contributed by atoms with Crippen LogP contribution in [0.3, 0.4) is 0 Å². The Morgan fingerprint density at radius 2 is 1.83 bits per heavy atom. The van der Waals surface area contributed by atoms with E-state index in [-0.39, 0.29) is 29.2 Å². The van der Waals surface area contributed by atoms with Crippen LogP contribution in [0.2, 0.25) is 0 Å². The van der Waals surface area contributed by atoms with Crippen molar-refractivity contribution in [3.05, 3.63) is 36.0 Å². The normalized spacial score (nSPS) is 10.8. The second-order valence-electron chi connectivity index (χ2n) is 5.49. The Hall–Kier alpha value is -3.29. The largest absolute Gasteiger partial charge is 0.382 e. The number of H-pyrrole nitrogens is 1. The van der Waals surface area contributed by atoms with E-state index in [4.69, 9.17) is 17.2 Å². The summed E-state index contributed by atoms with van der Waals surface area (Å²) in [6.45, 7) is 0. The molecule has 1 aromatic carbocycles. The van der Waals surface area contributed by atoms with Crippen molar-refractivity contribution in [3.63, 3.8) is 0 Å². The van der Waals surface area contributed by atoms with Crippen molar-refractivity contribution in [3.8, 4) is 0 Å². The van der Waals surface area contributed by atoms with Gasteiger partial charge in [0.2, 0.25) is 11.9 Å². The number of aromatic amines is 1. The fraction of sp³-hybridized carbons (Fsp3) is 0.188. The minimum absolute atomic E-state index is 0.0256. The molecule has 2 aromatic heterocycles. The molecule has 8 nitrogen and oxygen atoms in total. The fourth-order valence-electron chi connectivity index (χ4n) is 2.62. The van der Waals surface area contributed by atoms with Gasteiger partial charge in [-0.3, -0.25) is 4.79 Å². The minimum Gasteiger partial charge on any atom is -0.382 e. The summed E-state index contributed by atoms with van der Waals surface area (Å²) in [7, 11) is 0. The highest BCUT2D eigenvalue weighted by Gasteiger charge is 2.12. The number of nitrogens with two attached hydrogens (primary N) is 3. The van der Waals surface area contributed by atoms with Gasteiger partial charge in [-0.1, -0.05) is 18.2 Å². The fourth-order valence-corrected chi connectivity index (χ4v) is 2.62. The molecule has 3 rings (SSSR count). The first-order valence-electron chi connectivity index (χ1n) is 7.58. The van der Waals surface area contributed by atoms with E-state index < -0.39 is 0 Å². The van der Waals surface area contributed by atoms with Gasteiger partial charge in [0.15, 0.2) is 11.6 Å². The smallest absolute Gasteiger partial charge is 0.224 e. The predicted molar refractivity (Wildman–Crippen MR) is 95.1 cm³/mol. The zero-order valence-corrected chi connectivity index (χ0v) is 13.0. The molecule has 8 heteroatoms. The van der Waals surface area contributed by atoms with Gasteiger partial charge in [-0.05, 0) is 24.5 Å². The number of aryl methyl sites for hydroxylation is 1. The van der Waals surface area contributed by atoms with E-state index in [2.05, 4.69) is 26.3 Å². The van der Waals surface area contributed by atoms with Crippen molar-refractivity contribution in [1.82, 2.24) is 15.0 Å². The summed E-state index contributed by atoms with van der Waals surface area (Å²) in [6, 6.07) is 8.07. The molecule has 3 aromatic rings. The number of hydrogen-bond donors (Lipinski definition) is 5. The number of nitrogen functional groups attached to an aromatic ring is 3. The monoisotopic (exact) mass is 325 g/mol. The molecule has 0 radical (unpaired) electrons. The third-order valence-electron chi connectivity index (χ3n) is 3.77. The third-order valence-corrected chi connectivity index (χ3v) is 3.77. The maximum absolute atomic E-state index is 12.1. The van der Waals surface area contributed by atoms with E-state index in [1.165, 1.54) is 10.9 Å².